The van der Waals surface area contributed by atoms with Crippen LogP contribution in [0.25, 0.3) is 6.08 Å². The number of amides is 1. The molecule has 0 radical (unpaired) electrons. The molecule has 1 heterocycles. The summed E-state index contributed by atoms with van der Waals surface area (Å²) in [5.41, 5.74) is 1.10. The van der Waals surface area contributed by atoms with Gasteiger partial charge in [-0.15, -0.1) is 6.42 Å². The van der Waals surface area contributed by atoms with Crippen LogP contribution in [0.2, 0.25) is 0 Å². The maximum Gasteiger partial charge on any atom is 0.273 e. The number of hydrogen-bond donors (Lipinski definition) is 2. The fourth-order valence-corrected chi connectivity index (χ4v) is 2.10. The lowest BCUT2D eigenvalue weighted by atomic mass is 10.1. The molecule has 0 atom stereocenters. The minimum Gasteiger partial charge on any atom is -0.480 e. The maximum absolute atomic E-state index is 11.6. The zero-order valence-corrected chi connectivity index (χ0v) is 12.1. The number of carbonyl (C=O) groups is 1. The first-order valence-electron chi connectivity index (χ1n) is 5.30. The Morgan fingerprint density at radius 1 is 1.47 bits per heavy atom. The minimum absolute atomic E-state index is 0.163. The van der Waals surface area contributed by atoms with E-state index < -0.39 is 0 Å². The van der Waals surface area contributed by atoms with Crippen LogP contribution < -0.4 is 15.4 Å². The van der Waals surface area contributed by atoms with Crippen molar-refractivity contribution in [2.45, 2.75) is 0 Å². The number of terminal acetylenes is 1. The highest BCUT2D eigenvalue weighted by molar-refractivity contribution is 9.10. The third kappa shape index (κ3) is 3.34. The summed E-state index contributed by atoms with van der Waals surface area (Å²) in [4.78, 5) is 11.6. The molecule has 1 aliphatic rings. The molecule has 96 valence electrons. The van der Waals surface area contributed by atoms with Gasteiger partial charge in [-0.25, -0.2) is 0 Å². The zero-order valence-electron chi connectivity index (χ0n) is 9.70. The number of ether oxygens (including phenoxy) is 1. The van der Waals surface area contributed by atoms with E-state index in [1.807, 2.05) is 12.1 Å². The van der Waals surface area contributed by atoms with Gasteiger partial charge >= 0.3 is 0 Å². The molecule has 1 amide bonds. The topological polar surface area (TPSA) is 50.4 Å². The molecule has 0 aromatic heterocycles. The standard InChI is InChI=1S/C13H9BrN2O2S/c1-2-5-18-11-4-3-9(14)6-8(11)7-10-12(17)16-13(19)15-10/h1,3-4,6-7H,5H2,(H2,15,16,17,19)/b10-7-. The van der Waals surface area contributed by atoms with Crippen molar-refractivity contribution in [2.75, 3.05) is 6.61 Å². The second kappa shape index (κ2) is 5.87. The summed E-state index contributed by atoms with van der Waals surface area (Å²) < 4.78 is 6.29. The lowest BCUT2D eigenvalue weighted by Crippen LogP contribution is -2.21. The second-order valence-electron chi connectivity index (χ2n) is 3.64. The monoisotopic (exact) mass is 336 g/mol. The van der Waals surface area contributed by atoms with Crippen molar-refractivity contribution in [1.29, 1.82) is 0 Å². The van der Waals surface area contributed by atoms with Crippen molar-refractivity contribution in [2.24, 2.45) is 0 Å². The molecule has 1 aromatic rings. The highest BCUT2D eigenvalue weighted by atomic mass is 79.9. The average Bonchev–Trinajstić information content (AvgIpc) is 2.67. The van der Waals surface area contributed by atoms with Crippen molar-refractivity contribution >= 4 is 45.2 Å². The highest BCUT2D eigenvalue weighted by Crippen LogP contribution is 2.25. The molecule has 0 bridgehead atoms. The van der Waals surface area contributed by atoms with Gasteiger partial charge in [0, 0.05) is 10.0 Å². The van der Waals surface area contributed by atoms with Crippen molar-refractivity contribution in [3.63, 3.8) is 0 Å². The zero-order chi connectivity index (χ0) is 13.8. The highest BCUT2D eigenvalue weighted by Gasteiger charge is 2.20. The molecule has 1 saturated heterocycles. The van der Waals surface area contributed by atoms with Crippen LogP contribution in [-0.2, 0) is 4.79 Å². The fourth-order valence-electron chi connectivity index (χ4n) is 1.52. The Bertz CT molecular complexity index is 620. The van der Waals surface area contributed by atoms with Crippen molar-refractivity contribution in [3.8, 4) is 18.1 Å². The van der Waals surface area contributed by atoms with Gasteiger partial charge in [0.15, 0.2) is 5.11 Å². The fraction of sp³-hybridized carbons (Fsp3) is 0.0769. The molecule has 2 N–H and O–H groups in total. The Balaban J connectivity index is 2.35. The third-order valence-electron chi connectivity index (χ3n) is 2.30. The first-order valence-corrected chi connectivity index (χ1v) is 6.50. The van der Waals surface area contributed by atoms with E-state index in [1.165, 1.54) is 0 Å². The van der Waals surface area contributed by atoms with Crippen LogP contribution in [-0.4, -0.2) is 17.6 Å². The number of carbonyl (C=O) groups excluding carboxylic acids is 1. The Morgan fingerprint density at radius 2 is 2.26 bits per heavy atom. The molecule has 0 spiro atoms. The van der Waals surface area contributed by atoms with E-state index in [9.17, 15) is 4.79 Å². The summed E-state index contributed by atoms with van der Waals surface area (Å²) in [6.07, 6.45) is 6.82. The summed E-state index contributed by atoms with van der Waals surface area (Å²) >= 11 is 8.24. The molecule has 1 aromatic carbocycles. The molecule has 4 nitrogen and oxygen atoms in total. The van der Waals surface area contributed by atoms with Gasteiger partial charge < -0.3 is 10.1 Å². The smallest absolute Gasteiger partial charge is 0.273 e. The summed E-state index contributed by atoms with van der Waals surface area (Å²) in [7, 11) is 0. The Morgan fingerprint density at radius 3 is 2.89 bits per heavy atom. The molecule has 0 unspecified atom stereocenters. The number of benzene rings is 1. The SMILES string of the molecule is C#CCOc1ccc(Br)cc1/C=C1\NC(=S)NC1=O. The van der Waals surface area contributed by atoms with Crippen LogP contribution in [0.4, 0.5) is 0 Å². The predicted molar refractivity (Wildman–Crippen MR) is 80.3 cm³/mol. The predicted octanol–water partition coefficient (Wildman–Crippen LogP) is 1.81. The van der Waals surface area contributed by atoms with E-state index in [-0.39, 0.29) is 17.6 Å². The van der Waals surface area contributed by atoms with Crippen LogP contribution in [0.1, 0.15) is 5.56 Å². The van der Waals surface area contributed by atoms with Gasteiger partial charge in [-0.3, -0.25) is 10.1 Å². The van der Waals surface area contributed by atoms with Gasteiger partial charge in [-0.1, -0.05) is 21.9 Å². The number of thiocarbonyl (C=S) groups is 1. The molecule has 19 heavy (non-hydrogen) atoms. The van der Waals surface area contributed by atoms with Crippen molar-refractivity contribution < 1.29 is 9.53 Å². The number of rotatable bonds is 3. The largest absolute Gasteiger partial charge is 0.480 e. The normalized spacial score (nSPS) is 15.9. The van der Waals surface area contributed by atoms with Crippen LogP contribution in [0.3, 0.4) is 0 Å². The molecule has 2 rings (SSSR count). The van der Waals surface area contributed by atoms with E-state index in [4.69, 9.17) is 23.4 Å². The minimum atomic E-state index is -0.270. The summed E-state index contributed by atoms with van der Waals surface area (Å²) in [6, 6.07) is 5.44. The summed E-state index contributed by atoms with van der Waals surface area (Å²) in [5, 5.41) is 5.56. The van der Waals surface area contributed by atoms with Gasteiger partial charge in [-0.2, -0.15) is 0 Å². The van der Waals surface area contributed by atoms with E-state index >= 15 is 0 Å². The van der Waals surface area contributed by atoms with Gasteiger partial charge in [0.1, 0.15) is 18.1 Å². The van der Waals surface area contributed by atoms with Gasteiger partial charge in [0.25, 0.3) is 5.91 Å². The number of hydrogen-bond acceptors (Lipinski definition) is 3. The van der Waals surface area contributed by atoms with Crippen LogP contribution in [0.15, 0.2) is 28.4 Å². The molecule has 1 fully saturated rings. The number of nitrogens with one attached hydrogen (secondary N) is 2. The molecular formula is C13H9BrN2O2S. The molecule has 6 heteroatoms. The Hall–Kier alpha value is -1.84. The van der Waals surface area contributed by atoms with E-state index in [0.29, 0.717) is 11.4 Å². The van der Waals surface area contributed by atoms with E-state index in [0.717, 1.165) is 10.0 Å². The molecule has 0 aliphatic carbocycles. The first kappa shape index (κ1) is 13.6. The Kier molecular flexibility index (Phi) is 4.20. The van der Waals surface area contributed by atoms with Crippen LogP contribution in [0, 0.1) is 12.3 Å². The molecule has 1 aliphatic heterocycles. The third-order valence-corrected chi connectivity index (χ3v) is 3.00. The first-order chi connectivity index (χ1) is 9.10. The van der Waals surface area contributed by atoms with E-state index in [2.05, 4.69) is 32.5 Å². The van der Waals surface area contributed by atoms with Crippen LogP contribution in [0.5, 0.6) is 5.75 Å². The summed E-state index contributed by atoms with van der Waals surface area (Å²) in [6.45, 7) is 0.163. The summed E-state index contributed by atoms with van der Waals surface area (Å²) in [5.74, 6) is 2.72. The van der Waals surface area contributed by atoms with E-state index in [1.54, 1.807) is 12.1 Å². The lowest BCUT2D eigenvalue weighted by Gasteiger charge is -2.07. The number of halogens is 1. The second-order valence-corrected chi connectivity index (χ2v) is 4.97. The average molecular weight is 337 g/mol. The van der Waals surface area contributed by atoms with Gasteiger partial charge in [0.05, 0.1) is 0 Å². The Labute approximate surface area is 124 Å². The quantitative estimate of drug-likeness (QED) is 0.502. The van der Waals surface area contributed by atoms with Crippen molar-refractivity contribution in [1.82, 2.24) is 10.6 Å². The van der Waals surface area contributed by atoms with Crippen LogP contribution >= 0.6 is 28.1 Å². The van der Waals surface area contributed by atoms with Crippen molar-refractivity contribution in [3.05, 3.63) is 33.9 Å². The van der Waals surface area contributed by atoms with Gasteiger partial charge in [-0.05, 0) is 36.5 Å². The molecule has 0 saturated carbocycles. The maximum atomic E-state index is 11.6. The molecular weight excluding hydrogens is 328 g/mol. The lowest BCUT2D eigenvalue weighted by molar-refractivity contribution is -0.115. The van der Waals surface area contributed by atoms with Gasteiger partial charge in [0.2, 0.25) is 0 Å².